The second-order valence-corrected chi connectivity index (χ2v) is 8.76. The first kappa shape index (κ1) is 20.6. The molecule has 2 N–H and O–H groups in total. The summed E-state index contributed by atoms with van der Waals surface area (Å²) in [5, 5.41) is 29.7. The maximum absolute atomic E-state index is 12.4. The number of aliphatic hydroxyl groups excluding tert-OH is 2. The Morgan fingerprint density at radius 2 is 2.00 bits per heavy atom. The molecule has 1 saturated heterocycles. The molecule has 2 bridgehead atoms. The van der Waals surface area contributed by atoms with Crippen LogP contribution in [0.4, 0.5) is 0 Å². The van der Waals surface area contributed by atoms with Gasteiger partial charge in [-0.25, -0.2) is 4.79 Å². The van der Waals surface area contributed by atoms with E-state index < -0.39 is 71.6 Å². The van der Waals surface area contributed by atoms with E-state index in [1.54, 1.807) is 13.8 Å². The van der Waals surface area contributed by atoms with Gasteiger partial charge in [-0.2, -0.15) is 5.26 Å². The normalized spacial score (nSPS) is 38.1. The maximum Gasteiger partial charge on any atom is 0.344 e. The van der Waals surface area contributed by atoms with E-state index in [1.165, 1.54) is 0 Å². The highest BCUT2D eigenvalue weighted by atomic mass is 16.6. The molecule has 3 aliphatic rings. The van der Waals surface area contributed by atoms with Gasteiger partial charge in [0.25, 0.3) is 0 Å². The predicted octanol–water partition coefficient (Wildman–Crippen LogP) is 0.0778. The number of esters is 3. The van der Waals surface area contributed by atoms with Gasteiger partial charge in [-0.3, -0.25) is 9.59 Å². The number of nitriles is 1. The molecule has 28 heavy (non-hydrogen) atoms. The first-order valence-corrected chi connectivity index (χ1v) is 9.29. The van der Waals surface area contributed by atoms with Crippen molar-refractivity contribution in [2.45, 2.75) is 52.2 Å². The van der Waals surface area contributed by atoms with Gasteiger partial charge in [-0.1, -0.05) is 6.92 Å². The molecule has 0 amide bonds. The zero-order valence-electron chi connectivity index (χ0n) is 16.2. The molecular formula is C19H25NO8. The van der Waals surface area contributed by atoms with E-state index in [2.05, 4.69) is 0 Å². The van der Waals surface area contributed by atoms with Gasteiger partial charge in [-0.15, -0.1) is 0 Å². The van der Waals surface area contributed by atoms with Crippen LogP contribution in [-0.2, 0) is 28.6 Å². The molecule has 0 spiro atoms. The van der Waals surface area contributed by atoms with E-state index in [-0.39, 0.29) is 12.8 Å². The Morgan fingerprint density at radius 3 is 2.54 bits per heavy atom. The van der Waals surface area contributed by atoms with Crippen LogP contribution >= 0.6 is 0 Å². The molecule has 154 valence electrons. The highest BCUT2D eigenvalue weighted by Crippen LogP contribution is 2.74. The SMILES string of the molecule is CCC(C)(C)C(=O)OCC(=O)OC1C2OC(=O)C3(C#N)CC1(CO)CC23CO. The minimum atomic E-state index is -1.56. The Hall–Kier alpha value is -2.18. The third-order valence-electron chi connectivity index (χ3n) is 6.94. The average molecular weight is 395 g/mol. The van der Waals surface area contributed by atoms with E-state index in [4.69, 9.17) is 14.2 Å². The van der Waals surface area contributed by atoms with Gasteiger partial charge < -0.3 is 24.4 Å². The molecule has 2 aliphatic carbocycles. The van der Waals surface area contributed by atoms with Crippen LogP contribution < -0.4 is 0 Å². The second-order valence-electron chi connectivity index (χ2n) is 8.76. The number of nitrogens with zero attached hydrogens (tertiary/aromatic N) is 1. The van der Waals surface area contributed by atoms with Gasteiger partial charge >= 0.3 is 17.9 Å². The van der Waals surface area contributed by atoms with E-state index in [1.807, 2.05) is 13.0 Å². The number of ether oxygens (including phenoxy) is 3. The molecule has 5 atom stereocenters. The molecule has 0 aromatic heterocycles. The Labute approximate surface area is 162 Å². The third kappa shape index (κ3) is 2.40. The quantitative estimate of drug-likeness (QED) is 0.452. The van der Waals surface area contributed by atoms with Crippen molar-refractivity contribution < 1.29 is 38.8 Å². The summed E-state index contributed by atoms with van der Waals surface area (Å²) in [5.41, 5.74) is -4.60. The number of carbonyl (C=O) groups excluding carboxylic acids is 3. The average Bonchev–Trinajstić information content (AvgIpc) is 3.19. The molecule has 0 aromatic rings. The summed E-state index contributed by atoms with van der Waals surface area (Å²) in [5.74, 6) is -2.15. The zero-order chi connectivity index (χ0) is 21.0. The third-order valence-corrected chi connectivity index (χ3v) is 6.94. The van der Waals surface area contributed by atoms with E-state index >= 15 is 0 Å². The van der Waals surface area contributed by atoms with Crippen molar-refractivity contribution >= 4 is 17.9 Å². The number of rotatable bonds is 7. The zero-order valence-corrected chi connectivity index (χ0v) is 16.2. The summed E-state index contributed by atoms with van der Waals surface area (Å²) in [7, 11) is 0. The molecule has 3 fully saturated rings. The van der Waals surface area contributed by atoms with Crippen LogP contribution in [0.3, 0.4) is 0 Å². The summed E-state index contributed by atoms with van der Waals surface area (Å²) in [4.78, 5) is 36.7. The molecule has 2 saturated carbocycles. The minimum absolute atomic E-state index is 0.0660. The lowest BCUT2D eigenvalue weighted by Gasteiger charge is -2.39. The number of fused-ring (bicyclic) bond motifs is 1. The van der Waals surface area contributed by atoms with Crippen molar-refractivity contribution in [3.05, 3.63) is 0 Å². The highest BCUT2D eigenvalue weighted by Gasteiger charge is 2.85. The summed E-state index contributed by atoms with van der Waals surface area (Å²) in [6, 6.07) is 1.98. The lowest BCUT2D eigenvalue weighted by atomic mass is 9.62. The van der Waals surface area contributed by atoms with Crippen molar-refractivity contribution in [2.24, 2.45) is 21.7 Å². The van der Waals surface area contributed by atoms with Crippen molar-refractivity contribution in [1.29, 1.82) is 5.26 Å². The van der Waals surface area contributed by atoms with Crippen LogP contribution in [0.25, 0.3) is 0 Å². The molecule has 0 aromatic carbocycles. The molecule has 9 nitrogen and oxygen atoms in total. The molecule has 5 unspecified atom stereocenters. The van der Waals surface area contributed by atoms with Crippen molar-refractivity contribution in [1.82, 2.24) is 0 Å². The highest BCUT2D eigenvalue weighted by molar-refractivity contribution is 5.86. The Morgan fingerprint density at radius 1 is 1.32 bits per heavy atom. The van der Waals surface area contributed by atoms with Gasteiger partial charge in [0.2, 0.25) is 0 Å². The fourth-order valence-corrected chi connectivity index (χ4v) is 4.87. The maximum atomic E-state index is 12.4. The fraction of sp³-hybridized carbons (Fsp3) is 0.789. The van der Waals surface area contributed by atoms with Gasteiger partial charge in [0.05, 0.1) is 30.1 Å². The number of aliphatic hydroxyl groups is 2. The van der Waals surface area contributed by atoms with Crippen LogP contribution in [0, 0.1) is 33.0 Å². The summed E-state index contributed by atoms with van der Waals surface area (Å²) in [6.07, 6.45) is -1.47. The number of carbonyl (C=O) groups is 3. The Kier molecular flexibility index (Phi) is 4.72. The van der Waals surface area contributed by atoms with Gasteiger partial charge in [0.15, 0.2) is 12.0 Å². The molecule has 9 heteroatoms. The van der Waals surface area contributed by atoms with E-state index in [0.29, 0.717) is 6.42 Å². The largest absolute Gasteiger partial charge is 0.456 e. The topological polar surface area (TPSA) is 143 Å². The molecule has 1 aliphatic heterocycles. The summed E-state index contributed by atoms with van der Waals surface area (Å²) in [6.45, 7) is 3.66. The summed E-state index contributed by atoms with van der Waals surface area (Å²) >= 11 is 0. The fourth-order valence-electron chi connectivity index (χ4n) is 4.87. The van der Waals surface area contributed by atoms with Gasteiger partial charge in [0, 0.05) is 5.41 Å². The molecule has 0 radical (unpaired) electrons. The van der Waals surface area contributed by atoms with Gasteiger partial charge in [0.1, 0.15) is 12.2 Å². The number of hydrogen-bond acceptors (Lipinski definition) is 9. The molecular weight excluding hydrogens is 370 g/mol. The second kappa shape index (κ2) is 6.42. The lowest BCUT2D eigenvalue weighted by Crippen LogP contribution is -2.52. The monoisotopic (exact) mass is 395 g/mol. The first-order chi connectivity index (χ1) is 13.1. The first-order valence-electron chi connectivity index (χ1n) is 9.29. The standard InChI is InChI=1S/C19H25NO8/c1-4-16(2,3)14(24)26-5-11(23)27-12-13-19(10-22)7-17(12,9-21)6-18(19,8-20)15(25)28-13/h12-13,21-22H,4-7,9-10H2,1-3H3. The molecule has 1 heterocycles. The van der Waals surface area contributed by atoms with Crippen LogP contribution in [0.2, 0.25) is 0 Å². The Bertz CT molecular complexity index is 758. The smallest absolute Gasteiger partial charge is 0.344 e. The summed E-state index contributed by atoms with van der Waals surface area (Å²) < 4.78 is 15.8. The van der Waals surface area contributed by atoms with Gasteiger partial charge in [-0.05, 0) is 33.1 Å². The van der Waals surface area contributed by atoms with Crippen LogP contribution in [-0.4, -0.2) is 60.1 Å². The van der Waals surface area contributed by atoms with Crippen LogP contribution in [0.15, 0.2) is 0 Å². The Balaban J connectivity index is 1.78. The van der Waals surface area contributed by atoms with Crippen molar-refractivity contribution in [3.63, 3.8) is 0 Å². The minimum Gasteiger partial charge on any atom is -0.456 e. The van der Waals surface area contributed by atoms with Crippen molar-refractivity contribution in [2.75, 3.05) is 19.8 Å². The number of hydrogen-bond donors (Lipinski definition) is 2. The predicted molar refractivity (Wildman–Crippen MR) is 91.1 cm³/mol. The van der Waals surface area contributed by atoms with Crippen LogP contribution in [0.1, 0.15) is 40.0 Å². The van der Waals surface area contributed by atoms with E-state index in [9.17, 15) is 29.9 Å². The van der Waals surface area contributed by atoms with Crippen molar-refractivity contribution in [3.8, 4) is 6.07 Å². The lowest BCUT2D eigenvalue weighted by molar-refractivity contribution is -0.180. The van der Waals surface area contributed by atoms with E-state index in [0.717, 1.165) is 0 Å². The molecule has 3 rings (SSSR count). The van der Waals surface area contributed by atoms with Crippen LogP contribution in [0.5, 0.6) is 0 Å².